The number of allylic oxidation sites excluding steroid dienone is 12. The molecule has 0 aliphatic rings. The lowest BCUT2D eigenvalue weighted by Crippen LogP contribution is -2.30. The summed E-state index contributed by atoms with van der Waals surface area (Å²) in [4.78, 5) is 37.7. The maximum Gasteiger partial charge on any atom is 0.306 e. The molecule has 0 heterocycles. The van der Waals surface area contributed by atoms with Crippen LogP contribution in [0.2, 0.25) is 0 Å². The van der Waals surface area contributed by atoms with Gasteiger partial charge in [0.25, 0.3) is 0 Å². The van der Waals surface area contributed by atoms with Gasteiger partial charge in [-0.15, -0.1) is 0 Å². The van der Waals surface area contributed by atoms with Gasteiger partial charge in [0.05, 0.1) is 0 Å². The van der Waals surface area contributed by atoms with Gasteiger partial charge in [0.1, 0.15) is 13.2 Å². The minimum atomic E-state index is -0.770. The van der Waals surface area contributed by atoms with E-state index in [2.05, 4.69) is 93.7 Å². The van der Waals surface area contributed by atoms with Crippen molar-refractivity contribution < 1.29 is 28.6 Å². The lowest BCUT2D eigenvalue weighted by Gasteiger charge is -2.18. The summed E-state index contributed by atoms with van der Waals surface area (Å²) in [5.74, 6) is -0.884. The minimum absolute atomic E-state index is 0.0743. The molecule has 0 bridgehead atoms. The molecule has 1 unspecified atom stereocenters. The predicted molar refractivity (Wildman–Crippen MR) is 288 cm³/mol. The predicted octanol–water partition coefficient (Wildman–Crippen LogP) is 19.0. The van der Waals surface area contributed by atoms with Crippen LogP contribution in [-0.2, 0) is 28.6 Å². The Kier molecular flexibility index (Phi) is 52.8. The molecular weight excluding hydrogens is 829 g/mol. The zero-order valence-corrected chi connectivity index (χ0v) is 44.2. The highest BCUT2D eigenvalue weighted by molar-refractivity contribution is 5.71. The molecule has 0 amide bonds. The first-order valence-electron chi connectivity index (χ1n) is 28.4. The highest BCUT2D eigenvalue weighted by Gasteiger charge is 2.19. The Morgan fingerprint density at radius 1 is 0.313 bits per heavy atom. The molecule has 6 nitrogen and oxygen atoms in total. The SMILES string of the molecule is CC/C=C\C/C=C\C/C=C\C/C=C\C/C=C\C/C=C\CCCCCCCCCCCCC(=O)OCC(COC(=O)CCCCCCC)OC(=O)CCCCCCCCCCCCCCCCC. The van der Waals surface area contributed by atoms with E-state index in [4.69, 9.17) is 14.2 Å². The Balaban J connectivity index is 4.05. The number of ether oxygens (including phenoxy) is 3. The molecule has 386 valence electrons. The smallest absolute Gasteiger partial charge is 0.306 e. The van der Waals surface area contributed by atoms with Gasteiger partial charge in [-0.1, -0.05) is 261 Å². The highest BCUT2D eigenvalue weighted by Crippen LogP contribution is 2.16. The molecule has 0 saturated heterocycles. The zero-order chi connectivity index (χ0) is 48.6. The fourth-order valence-electron chi connectivity index (χ4n) is 7.98. The molecule has 0 rings (SSSR count). The van der Waals surface area contributed by atoms with Crippen molar-refractivity contribution in [1.29, 1.82) is 0 Å². The van der Waals surface area contributed by atoms with Crippen LogP contribution in [0.15, 0.2) is 72.9 Å². The van der Waals surface area contributed by atoms with E-state index >= 15 is 0 Å². The van der Waals surface area contributed by atoms with E-state index in [0.29, 0.717) is 19.3 Å². The van der Waals surface area contributed by atoms with Gasteiger partial charge in [0, 0.05) is 19.3 Å². The molecule has 0 aromatic heterocycles. The summed E-state index contributed by atoms with van der Waals surface area (Å²) in [5.41, 5.74) is 0. The van der Waals surface area contributed by atoms with E-state index in [1.807, 2.05) is 0 Å². The molecule has 0 aliphatic carbocycles. The third kappa shape index (κ3) is 53.7. The highest BCUT2D eigenvalue weighted by atomic mass is 16.6. The van der Waals surface area contributed by atoms with E-state index in [9.17, 15) is 14.4 Å². The van der Waals surface area contributed by atoms with Crippen LogP contribution >= 0.6 is 0 Å². The van der Waals surface area contributed by atoms with Gasteiger partial charge in [0.2, 0.25) is 0 Å². The van der Waals surface area contributed by atoms with Crippen molar-refractivity contribution in [2.75, 3.05) is 13.2 Å². The summed E-state index contributed by atoms with van der Waals surface area (Å²) in [6, 6.07) is 0. The van der Waals surface area contributed by atoms with Crippen LogP contribution in [0, 0.1) is 0 Å². The zero-order valence-electron chi connectivity index (χ0n) is 44.2. The average Bonchev–Trinajstić information content (AvgIpc) is 3.33. The lowest BCUT2D eigenvalue weighted by molar-refractivity contribution is -0.167. The number of rotatable bonds is 51. The van der Waals surface area contributed by atoms with E-state index < -0.39 is 6.10 Å². The standard InChI is InChI=1S/C61H106O6/c1-4-7-10-13-15-17-19-21-23-24-25-26-27-28-29-30-31-32-33-34-35-36-38-39-41-43-45-48-51-54-60(63)66-57-58(56-65-59(62)53-50-47-12-9-6-3)67-61(64)55-52-49-46-44-42-40-37-22-20-18-16-14-11-8-5-2/h7,10,15,17,21,23,25-26,28-29,31-32,58H,4-6,8-9,11-14,16,18-20,22,24,27,30,33-57H2,1-3H3/b10-7-,17-15-,23-21-,26-25-,29-28-,32-31-. The van der Waals surface area contributed by atoms with Crippen molar-refractivity contribution in [3.05, 3.63) is 72.9 Å². The summed E-state index contributed by atoms with van der Waals surface area (Å²) in [6.07, 6.45) is 70.8. The first-order valence-corrected chi connectivity index (χ1v) is 28.4. The fraction of sp³-hybridized carbons (Fsp3) is 0.754. The molecule has 0 radical (unpaired) electrons. The van der Waals surface area contributed by atoms with Crippen molar-refractivity contribution in [3.8, 4) is 0 Å². The first kappa shape index (κ1) is 63.8. The second-order valence-corrected chi connectivity index (χ2v) is 18.8. The van der Waals surface area contributed by atoms with E-state index in [0.717, 1.165) is 103 Å². The van der Waals surface area contributed by atoms with Crippen LogP contribution in [0.1, 0.15) is 278 Å². The number of hydrogen-bond donors (Lipinski definition) is 0. The van der Waals surface area contributed by atoms with Crippen LogP contribution in [-0.4, -0.2) is 37.2 Å². The molecule has 0 N–H and O–H groups in total. The summed E-state index contributed by atoms with van der Waals surface area (Å²) in [6.45, 7) is 6.46. The molecule has 0 aromatic carbocycles. The fourth-order valence-corrected chi connectivity index (χ4v) is 7.98. The Hall–Kier alpha value is -3.15. The summed E-state index contributed by atoms with van der Waals surface area (Å²) in [5, 5.41) is 0. The van der Waals surface area contributed by atoms with Gasteiger partial charge < -0.3 is 14.2 Å². The number of hydrogen-bond acceptors (Lipinski definition) is 6. The normalized spacial score (nSPS) is 12.6. The van der Waals surface area contributed by atoms with Crippen molar-refractivity contribution in [3.63, 3.8) is 0 Å². The van der Waals surface area contributed by atoms with Crippen LogP contribution < -0.4 is 0 Å². The van der Waals surface area contributed by atoms with E-state index in [-0.39, 0.29) is 31.1 Å². The topological polar surface area (TPSA) is 78.9 Å². The molecule has 0 aromatic rings. The number of unbranched alkanes of at least 4 members (excludes halogenated alkanes) is 28. The van der Waals surface area contributed by atoms with Gasteiger partial charge in [-0.3, -0.25) is 14.4 Å². The van der Waals surface area contributed by atoms with Crippen molar-refractivity contribution in [2.45, 2.75) is 284 Å². The summed E-state index contributed by atoms with van der Waals surface area (Å²) >= 11 is 0. The monoisotopic (exact) mass is 935 g/mol. The molecule has 0 saturated carbocycles. The quantitative estimate of drug-likeness (QED) is 0.0262. The maximum absolute atomic E-state index is 12.7. The van der Waals surface area contributed by atoms with Gasteiger partial charge in [-0.2, -0.15) is 0 Å². The molecule has 0 fully saturated rings. The summed E-state index contributed by atoms with van der Waals surface area (Å²) < 4.78 is 16.7. The lowest BCUT2D eigenvalue weighted by atomic mass is 10.0. The Bertz CT molecular complexity index is 1260. The van der Waals surface area contributed by atoms with Gasteiger partial charge in [-0.25, -0.2) is 0 Å². The largest absolute Gasteiger partial charge is 0.462 e. The van der Waals surface area contributed by atoms with Crippen LogP contribution in [0.3, 0.4) is 0 Å². The third-order valence-corrected chi connectivity index (χ3v) is 12.2. The van der Waals surface area contributed by atoms with Crippen LogP contribution in [0.25, 0.3) is 0 Å². The van der Waals surface area contributed by atoms with Crippen LogP contribution in [0.4, 0.5) is 0 Å². The third-order valence-electron chi connectivity index (χ3n) is 12.2. The second kappa shape index (κ2) is 55.4. The van der Waals surface area contributed by atoms with Crippen LogP contribution in [0.5, 0.6) is 0 Å². The van der Waals surface area contributed by atoms with Gasteiger partial charge in [-0.05, 0) is 70.6 Å². The van der Waals surface area contributed by atoms with Crippen molar-refractivity contribution in [1.82, 2.24) is 0 Å². The Morgan fingerprint density at radius 2 is 0.582 bits per heavy atom. The van der Waals surface area contributed by atoms with Crippen molar-refractivity contribution in [2.24, 2.45) is 0 Å². The number of esters is 3. The molecule has 1 atom stereocenters. The molecule has 67 heavy (non-hydrogen) atoms. The van der Waals surface area contributed by atoms with E-state index in [1.165, 1.54) is 135 Å². The Labute approximate surface area is 414 Å². The average molecular weight is 936 g/mol. The molecule has 0 aliphatic heterocycles. The maximum atomic E-state index is 12.7. The van der Waals surface area contributed by atoms with Gasteiger partial charge >= 0.3 is 17.9 Å². The minimum Gasteiger partial charge on any atom is -0.462 e. The molecular formula is C61H106O6. The van der Waals surface area contributed by atoms with Crippen molar-refractivity contribution >= 4 is 17.9 Å². The van der Waals surface area contributed by atoms with Gasteiger partial charge in [0.15, 0.2) is 6.10 Å². The summed E-state index contributed by atoms with van der Waals surface area (Å²) in [7, 11) is 0. The molecule has 0 spiro atoms. The Morgan fingerprint density at radius 3 is 0.910 bits per heavy atom. The number of carbonyl (C=O) groups excluding carboxylic acids is 3. The second-order valence-electron chi connectivity index (χ2n) is 18.8. The van der Waals surface area contributed by atoms with E-state index in [1.54, 1.807) is 0 Å². The first-order chi connectivity index (χ1) is 33.0. The molecule has 6 heteroatoms. The number of carbonyl (C=O) groups is 3.